The quantitative estimate of drug-likeness (QED) is 0.711. The topological polar surface area (TPSA) is 91.8 Å². The summed E-state index contributed by atoms with van der Waals surface area (Å²) < 4.78 is 50.3. The average molecular weight is 403 g/mol. The summed E-state index contributed by atoms with van der Waals surface area (Å²) in [5.41, 5.74) is 0.354. The molecule has 0 N–H and O–H groups in total. The van der Waals surface area contributed by atoms with Gasteiger partial charge in [-0.15, -0.1) is 0 Å². The van der Waals surface area contributed by atoms with Crippen LogP contribution in [0.1, 0.15) is 25.3 Å². The Kier molecular flexibility index (Phi) is 6.46. The molecular weight excluding hydrogens is 376 g/mol. The van der Waals surface area contributed by atoms with Crippen LogP contribution in [0.5, 0.6) is 0 Å². The van der Waals surface area contributed by atoms with Crippen molar-refractivity contribution in [3.05, 3.63) is 29.8 Å². The molecule has 0 saturated carbocycles. The molecular formula is C17H26N2O5S2. The molecule has 1 aromatic carbocycles. The Hall–Kier alpha value is -1.45. The molecule has 9 heteroatoms. The fourth-order valence-electron chi connectivity index (χ4n) is 3.01. The highest BCUT2D eigenvalue weighted by Crippen LogP contribution is 2.18. The summed E-state index contributed by atoms with van der Waals surface area (Å²) in [5.74, 6) is -0.916. The van der Waals surface area contributed by atoms with Crippen LogP contribution >= 0.6 is 0 Å². The van der Waals surface area contributed by atoms with Crippen molar-refractivity contribution in [1.82, 2.24) is 9.21 Å². The lowest BCUT2D eigenvalue weighted by atomic mass is 10.0. The predicted octanol–water partition coefficient (Wildman–Crippen LogP) is 1.11. The molecule has 2 rings (SSSR count). The van der Waals surface area contributed by atoms with Crippen molar-refractivity contribution in [2.75, 3.05) is 32.9 Å². The second kappa shape index (κ2) is 8.06. The van der Waals surface area contributed by atoms with Gasteiger partial charge in [0, 0.05) is 27.2 Å². The first-order valence-electron chi connectivity index (χ1n) is 8.51. The van der Waals surface area contributed by atoms with Gasteiger partial charge in [0.2, 0.25) is 15.9 Å². The van der Waals surface area contributed by atoms with E-state index in [0.29, 0.717) is 24.6 Å². The van der Waals surface area contributed by atoms with E-state index in [1.165, 1.54) is 32.3 Å². The normalized spacial score (nSPS) is 18.9. The minimum atomic E-state index is -3.68. The highest BCUT2D eigenvalue weighted by atomic mass is 32.2. The van der Waals surface area contributed by atoms with E-state index in [-0.39, 0.29) is 16.6 Å². The molecule has 1 aromatic rings. The van der Waals surface area contributed by atoms with E-state index in [9.17, 15) is 21.6 Å². The number of benzene rings is 1. The highest BCUT2D eigenvalue weighted by molar-refractivity contribution is 7.91. The zero-order valence-corrected chi connectivity index (χ0v) is 17.0. The van der Waals surface area contributed by atoms with E-state index in [2.05, 4.69) is 0 Å². The van der Waals surface area contributed by atoms with Gasteiger partial charge in [0.25, 0.3) is 0 Å². The first-order valence-corrected chi connectivity index (χ1v) is 11.8. The summed E-state index contributed by atoms with van der Waals surface area (Å²) in [6.45, 7) is 3.23. The number of sulfone groups is 1. The molecule has 26 heavy (non-hydrogen) atoms. The monoisotopic (exact) mass is 402 g/mol. The maximum absolute atomic E-state index is 12.4. The van der Waals surface area contributed by atoms with Crippen molar-refractivity contribution in [3.8, 4) is 0 Å². The second-order valence-corrected chi connectivity index (χ2v) is 11.3. The molecule has 0 aromatic heterocycles. The first kappa shape index (κ1) is 20.9. The van der Waals surface area contributed by atoms with E-state index in [1.54, 1.807) is 11.0 Å². The minimum Gasteiger partial charge on any atom is -0.342 e. The molecule has 1 aliphatic heterocycles. The summed E-state index contributed by atoms with van der Waals surface area (Å²) in [4.78, 5) is 14.0. The van der Waals surface area contributed by atoms with Crippen molar-refractivity contribution >= 4 is 25.8 Å². The number of likely N-dealkylation sites (tertiary alicyclic amines) is 1. The van der Waals surface area contributed by atoms with E-state index < -0.39 is 25.6 Å². The van der Waals surface area contributed by atoms with Gasteiger partial charge in [0.05, 0.1) is 10.6 Å². The Labute approximate surface area is 156 Å². The molecule has 1 atom stereocenters. The Morgan fingerprint density at radius 3 is 2.54 bits per heavy atom. The molecule has 1 fully saturated rings. The predicted molar refractivity (Wildman–Crippen MR) is 99.8 cm³/mol. The number of sulfonamides is 1. The van der Waals surface area contributed by atoms with E-state index >= 15 is 0 Å². The largest absolute Gasteiger partial charge is 0.342 e. The van der Waals surface area contributed by atoms with Gasteiger partial charge in [0.15, 0.2) is 9.84 Å². The van der Waals surface area contributed by atoms with Crippen LogP contribution < -0.4 is 0 Å². The third-order valence-electron chi connectivity index (χ3n) is 4.42. The van der Waals surface area contributed by atoms with Crippen LogP contribution in [0.4, 0.5) is 0 Å². The van der Waals surface area contributed by atoms with E-state index in [0.717, 1.165) is 17.1 Å². The molecule has 1 aliphatic rings. The van der Waals surface area contributed by atoms with Crippen LogP contribution in [0.15, 0.2) is 29.2 Å². The summed E-state index contributed by atoms with van der Waals surface area (Å²) in [7, 11) is -4.49. The van der Waals surface area contributed by atoms with Gasteiger partial charge in [-0.1, -0.05) is 19.1 Å². The van der Waals surface area contributed by atoms with E-state index in [4.69, 9.17) is 0 Å². The highest BCUT2D eigenvalue weighted by Gasteiger charge is 2.26. The molecule has 0 unspecified atom stereocenters. The number of carbonyl (C=O) groups is 1. The third kappa shape index (κ3) is 5.28. The molecule has 1 heterocycles. The Morgan fingerprint density at radius 1 is 1.23 bits per heavy atom. The Balaban J connectivity index is 2.11. The van der Waals surface area contributed by atoms with Crippen LogP contribution in [0.25, 0.3) is 0 Å². The van der Waals surface area contributed by atoms with Crippen molar-refractivity contribution in [2.45, 2.75) is 30.4 Å². The summed E-state index contributed by atoms with van der Waals surface area (Å²) >= 11 is 0. The average Bonchev–Trinajstić information content (AvgIpc) is 2.54. The summed E-state index contributed by atoms with van der Waals surface area (Å²) in [6, 6.07) is 5.83. The van der Waals surface area contributed by atoms with Crippen molar-refractivity contribution in [3.63, 3.8) is 0 Å². The molecule has 0 radical (unpaired) electrons. The lowest BCUT2D eigenvalue weighted by Crippen LogP contribution is -2.42. The molecule has 7 nitrogen and oxygen atoms in total. The fourth-order valence-corrected chi connectivity index (χ4v) is 5.33. The van der Waals surface area contributed by atoms with Gasteiger partial charge in [-0.25, -0.2) is 21.1 Å². The number of hydrogen-bond donors (Lipinski definition) is 0. The number of piperidine rings is 1. The zero-order valence-electron chi connectivity index (χ0n) is 15.4. The molecule has 1 amide bonds. The Morgan fingerprint density at radius 2 is 1.92 bits per heavy atom. The molecule has 0 aliphatic carbocycles. The van der Waals surface area contributed by atoms with Crippen LogP contribution in [0.2, 0.25) is 0 Å². The van der Waals surface area contributed by atoms with Crippen molar-refractivity contribution in [2.24, 2.45) is 5.92 Å². The lowest BCUT2D eigenvalue weighted by Gasteiger charge is -2.30. The van der Waals surface area contributed by atoms with Crippen LogP contribution in [0, 0.1) is 5.92 Å². The second-order valence-electron chi connectivity index (χ2n) is 7.05. The molecule has 146 valence electrons. The summed E-state index contributed by atoms with van der Waals surface area (Å²) in [6.07, 6.45) is 1.93. The SMILES string of the molecule is C[C@H]1CCCN(C(=O)CS(=O)(=O)Cc2cccc(S(=O)(=O)N(C)C)c2)C1. The fraction of sp³-hybridized carbons (Fsp3) is 0.588. The number of nitrogens with zero attached hydrogens (tertiary/aromatic N) is 2. The number of amides is 1. The third-order valence-corrected chi connectivity index (χ3v) is 7.69. The van der Waals surface area contributed by atoms with Crippen LogP contribution in [-0.4, -0.2) is 64.9 Å². The van der Waals surface area contributed by atoms with Crippen LogP contribution in [0.3, 0.4) is 0 Å². The molecule has 1 saturated heterocycles. The van der Waals surface area contributed by atoms with Crippen LogP contribution in [-0.2, 0) is 30.4 Å². The van der Waals surface area contributed by atoms with Gasteiger partial charge >= 0.3 is 0 Å². The molecule has 0 bridgehead atoms. The number of carbonyl (C=O) groups excluding carboxylic acids is 1. The number of hydrogen-bond acceptors (Lipinski definition) is 5. The van der Waals surface area contributed by atoms with Gasteiger partial charge in [-0.05, 0) is 36.5 Å². The zero-order chi connectivity index (χ0) is 19.5. The standard InChI is InChI=1S/C17H26N2O5S2/c1-14-6-5-9-19(11-14)17(20)13-25(21,22)12-15-7-4-8-16(10-15)26(23,24)18(2)3/h4,7-8,10,14H,5-6,9,11-13H2,1-3H3/t14-/m0/s1. The molecule has 0 spiro atoms. The van der Waals surface area contributed by atoms with E-state index in [1.807, 2.05) is 6.92 Å². The van der Waals surface area contributed by atoms with Crippen molar-refractivity contribution < 1.29 is 21.6 Å². The smallest absolute Gasteiger partial charge is 0.242 e. The first-order chi connectivity index (χ1) is 12.0. The minimum absolute atomic E-state index is 0.0337. The van der Waals surface area contributed by atoms with Crippen molar-refractivity contribution in [1.29, 1.82) is 0 Å². The van der Waals surface area contributed by atoms with Gasteiger partial charge in [0.1, 0.15) is 5.75 Å². The summed E-state index contributed by atoms with van der Waals surface area (Å²) in [5, 5.41) is 0. The lowest BCUT2D eigenvalue weighted by molar-refractivity contribution is -0.130. The maximum Gasteiger partial charge on any atom is 0.242 e. The van der Waals surface area contributed by atoms with Gasteiger partial charge in [-0.3, -0.25) is 4.79 Å². The maximum atomic E-state index is 12.4. The van der Waals surface area contributed by atoms with Gasteiger partial charge < -0.3 is 4.90 Å². The Bertz CT molecular complexity index is 863. The number of rotatable bonds is 6. The van der Waals surface area contributed by atoms with Gasteiger partial charge in [-0.2, -0.15) is 0 Å².